The van der Waals surface area contributed by atoms with Crippen molar-refractivity contribution in [1.29, 1.82) is 0 Å². The Kier molecular flexibility index (Phi) is 7.52. The molecule has 0 fully saturated rings. The molecular weight excluding hydrogens is 374 g/mol. The fourth-order valence-corrected chi connectivity index (χ4v) is 2.49. The van der Waals surface area contributed by atoms with Gasteiger partial charge in [-0.05, 0) is 62.5 Å². The summed E-state index contributed by atoms with van der Waals surface area (Å²) in [7, 11) is 0. The lowest BCUT2D eigenvalue weighted by atomic mass is 10.2. The molecule has 0 aliphatic heterocycles. The average Bonchev–Trinajstić information content (AvgIpc) is 2.61. The van der Waals surface area contributed by atoms with E-state index in [1.54, 1.807) is 48.5 Å². The second kappa shape index (κ2) is 9.85. The molecule has 148 valence electrons. The van der Waals surface area contributed by atoms with E-state index >= 15 is 0 Å². The summed E-state index contributed by atoms with van der Waals surface area (Å²) in [5.41, 5.74) is 1.75. The fraction of sp³-hybridized carbons (Fsp3) is 0.286. The minimum atomic E-state index is -0.337. The molecule has 0 bridgehead atoms. The number of ether oxygens (including phenoxy) is 1. The van der Waals surface area contributed by atoms with Gasteiger partial charge in [-0.15, -0.1) is 0 Å². The van der Waals surface area contributed by atoms with Crippen LogP contribution in [0.25, 0.3) is 0 Å². The molecule has 2 amide bonds. The van der Waals surface area contributed by atoms with Crippen molar-refractivity contribution in [3.63, 3.8) is 0 Å². The molecule has 0 spiro atoms. The SMILES string of the molecule is CC(C)Oc1cccc(C(=O)NC(=S)Nc2cccc(NC(=O)C(C)C)c2)c1. The van der Waals surface area contributed by atoms with E-state index in [4.69, 9.17) is 17.0 Å². The first-order valence-corrected chi connectivity index (χ1v) is 9.45. The summed E-state index contributed by atoms with van der Waals surface area (Å²) < 4.78 is 5.60. The summed E-state index contributed by atoms with van der Waals surface area (Å²) in [6.07, 6.45) is 0.0181. The third-order valence-corrected chi connectivity index (χ3v) is 3.81. The maximum absolute atomic E-state index is 12.4. The van der Waals surface area contributed by atoms with Crippen molar-refractivity contribution in [1.82, 2.24) is 5.32 Å². The molecular formula is C21H25N3O3S. The van der Waals surface area contributed by atoms with E-state index in [1.165, 1.54) is 0 Å². The Bertz CT molecular complexity index is 865. The van der Waals surface area contributed by atoms with Crippen LogP contribution in [-0.4, -0.2) is 23.0 Å². The first-order chi connectivity index (χ1) is 13.2. The maximum Gasteiger partial charge on any atom is 0.257 e. The third-order valence-electron chi connectivity index (χ3n) is 3.61. The molecule has 2 aromatic rings. The predicted octanol–water partition coefficient (Wildman–Crippen LogP) is 4.20. The molecule has 0 radical (unpaired) electrons. The van der Waals surface area contributed by atoms with E-state index < -0.39 is 0 Å². The summed E-state index contributed by atoms with van der Waals surface area (Å²) in [4.78, 5) is 24.2. The molecule has 0 atom stereocenters. The Labute approximate surface area is 170 Å². The number of nitrogens with one attached hydrogen (secondary N) is 3. The van der Waals surface area contributed by atoms with Gasteiger partial charge in [-0.1, -0.05) is 26.0 Å². The molecule has 0 aliphatic rings. The van der Waals surface area contributed by atoms with Crippen molar-refractivity contribution in [3.8, 4) is 5.75 Å². The molecule has 2 aromatic carbocycles. The highest BCUT2D eigenvalue weighted by Gasteiger charge is 2.11. The van der Waals surface area contributed by atoms with Gasteiger partial charge in [-0.2, -0.15) is 0 Å². The van der Waals surface area contributed by atoms with Gasteiger partial charge in [0.25, 0.3) is 5.91 Å². The van der Waals surface area contributed by atoms with E-state index in [-0.39, 0.29) is 28.9 Å². The molecule has 0 saturated heterocycles. The highest BCUT2D eigenvalue weighted by Crippen LogP contribution is 2.17. The number of carbonyl (C=O) groups is 2. The molecule has 0 aromatic heterocycles. The van der Waals surface area contributed by atoms with Crippen molar-refractivity contribution < 1.29 is 14.3 Å². The van der Waals surface area contributed by atoms with Crippen molar-refractivity contribution >= 4 is 40.5 Å². The van der Waals surface area contributed by atoms with Crippen molar-refractivity contribution in [2.45, 2.75) is 33.8 Å². The smallest absolute Gasteiger partial charge is 0.257 e. The molecule has 3 N–H and O–H groups in total. The topological polar surface area (TPSA) is 79.5 Å². The lowest BCUT2D eigenvalue weighted by molar-refractivity contribution is -0.118. The summed E-state index contributed by atoms with van der Waals surface area (Å²) >= 11 is 5.23. The number of amides is 2. The Morgan fingerprint density at radius 3 is 2.21 bits per heavy atom. The second-order valence-electron chi connectivity index (χ2n) is 6.83. The van der Waals surface area contributed by atoms with Crippen LogP contribution >= 0.6 is 12.2 Å². The van der Waals surface area contributed by atoms with Crippen LogP contribution in [0.1, 0.15) is 38.1 Å². The van der Waals surface area contributed by atoms with Crippen LogP contribution in [0.2, 0.25) is 0 Å². The van der Waals surface area contributed by atoms with Crippen LogP contribution in [0.3, 0.4) is 0 Å². The molecule has 0 aliphatic carbocycles. The maximum atomic E-state index is 12.4. The predicted molar refractivity (Wildman–Crippen MR) is 116 cm³/mol. The first kappa shape index (κ1) is 21.4. The van der Waals surface area contributed by atoms with E-state index in [0.29, 0.717) is 22.7 Å². The summed E-state index contributed by atoms with van der Waals surface area (Å²) in [5.74, 6) is 0.0926. The van der Waals surface area contributed by atoms with Gasteiger partial charge in [0.1, 0.15) is 5.75 Å². The molecule has 28 heavy (non-hydrogen) atoms. The lowest BCUT2D eigenvalue weighted by Crippen LogP contribution is -2.34. The Morgan fingerprint density at radius 1 is 0.929 bits per heavy atom. The molecule has 7 heteroatoms. The molecule has 0 unspecified atom stereocenters. The van der Waals surface area contributed by atoms with Gasteiger partial charge in [-0.25, -0.2) is 0 Å². The van der Waals surface area contributed by atoms with Crippen molar-refractivity contribution in [2.24, 2.45) is 5.92 Å². The monoisotopic (exact) mass is 399 g/mol. The van der Waals surface area contributed by atoms with E-state index in [9.17, 15) is 9.59 Å². The highest BCUT2D eigenvalue weighted by atomic mass is 32.1. The Morgan fingerprint density at radius 2 is 1.57 bits per heavy atom. The molecule has 6 nitrogen and oxygen atoms in total. The molecule has 2 rings (SSSR count). The number of rotatable bonds is 6. The normalized spacial score (nSPS) is 10.5. The first-order valence-electron chi connectivity index (χ1n) is 9.04. The average molecular weight is 400 g/mol. The van der Waals surface area contributed by atoms with Gasteiger partial charge < -0.3 is 15.4 Å². The van der Waals surface area contributed by atoms with Crippen molar-refractivity contribution in [3.05, 3.63) is 54.1 Å². The third kappa shape index (κ3) is 6.66. The summed E-state index contributed by atoms with van der Waals surface area (Å²) in [6.45, 7) is 7.49. The molecule has 0 heterocycles. The number of carbonyl (C=O) groups excluding carboxylic acids is 2. The van der Waals surface area contributed by atoms with Crippen LogP contribution in [0.15, 0.2) is 48.5 Å². The van der Waals surface area contributed by atoms with Gasteiger partial charge in [0, 0.05) is 22.9 Å². The van der Waals surface area contributed by atoms with E-state index in [1.807, 2.05) is 27.7 Å². The zero-order chi connectivity index (χ0) is 20.7. The number of anilines is 2. The second-order valence-corrected chi connectivity index (χ2v) is 7.24. The summed E-state index contributed by atoms with van der Waals surface area (Å²) in [5, 5.41) is 8.57. The lowest BCUT2D eigenvalue weighted by Gasteiger charge is -2.13. The largest absolute Gasteiger partial charge is 0.491 e. The quantitative estimate of drug-likeness (QED) is 0.635. The zero-order valence-electron chi connectivity index (χ0n) is 16.4. The molecule has 0 saturated carbocycles. The van der Waals surface area contributed by atoms with Gasteiger partial charge in [-0.3, -0.25) is 14.9 Å². The van der Waals surface area contributed by atoms with Crippen LogP contribution in [-0.2, 0) is 4.79 Å². The van der Waals surface area contributed by atoms with Crippen LogP contribution in [0.5, 0.6) is 5.75 Å². The fourth-order valence-electron chi connectivity index (χ4n) is 2.28. The van der Waals surface area contributed by atoms with Gasteiger partial charge in [0.2, 0.25) is 5.91 Å². The number of hydrogen-bond acceptors (Lipinski definition) is 4. The zero-order valence-corrected chi connectivity index (χ0v) is 17.2. The van der Waals surface area contributed by atoms with Crippen LogP contribution < -0.4 is 20.7 Å². The van der Waals surface area contributed by atoms with Crippen LogP contribution in [0.4, 0.5) is 11.4 Å². The minimum Gasteiger partial charge on any atom is -0.491 e. The number of hydrogen-bond donors (Lipinski definition) is 3. The van der Waals surface area contributed by atoms with Gasteiger partial charge >= 0.3 is 0 Å². The van der Waals surface area contributed by atoms with E-state index in [2.05, 4.69) is 16.0 Å². The minimum absolute atomic E-state index is 0.0181. The summed E-state index contributed by atoms with van der Waals surface area (Å²) in [6, 6.07) is 14.0. The standard InChI is InChI=1S/C21H25N3O3S/c1-13(2)19(25)22-16-8-6-9-17(12-16)23-21(28)24-20(26)15-7-5-10-18(11-15)27-14(3)4/h5-14H,1-4H3,(H,22,25)(H2,23,24,26,28). The van der Waals surface area contributed by atoms with Crippen LogP contribution in [0, 0.1) is 5.92 Å². The Balaban J connectivity index is 1.98. The Hall–Kier alpha value is -2.93. The van der Waals surface area contributed by atoms with Crippen molar-refractivity contribution in [2.75, 3.05) is 10.6 Å². The van der Waals surface area contributed by atoms with E-state index in [0.717, 1.165) is 0 Å². The highest BCUT2D eigenvalue weighted by molar-refractivity contribution is 7.80. The number of benzene rings is 2. The number of thiocarbonyl (C=S) groups is 1. The van der Waals surface area contributed by atoms with Gasteiger partial charge in [0.15, 0.2) is 5.11 Å². The van der Waals surface area contributed by atoms with Gasteiger partial charge in [0.05, 0.1) is 6.10 Å².